The molecule has 0 saturated carbocycles. The first-order valence-corrected chi connectivity index (χ1v) is 9.57. The number of primary sulfonamides is 1. The van der Waals surface area contributed by atoms with E-state index in [4.69, 9.17) is 10.9 Å². The fraction of sp³-hybridized carbons (Fsp3) is 0.455. The number of nitrogens with one attached hydrogen (secondary N) is 1. The lowest BCUT2D eigenvalue weighted by Gasteiger charge is -2.21. The number of hydrogen-bond donors (Lipinski definition) is 3. The van der Waals surface area contributed by atoms with E-state index < -0.39 is 10.0 Å². The van der Waals surface area contributed by atoms with Crippen LogP contribution in [0.5, 0.6) is 0 Å². The van der Waals surface area contributed by atoms with Gasteiger partial charge in [-0.25, -0.2) is 13.6 Å². The maximum Gasteiger partial charge on any atom is 0.238 e. The van der Waals surface area contributed by atoms with Gasteiger partial charge in [0.25, 0.3) is 0 Å². The molecular weight excluding hydrogens is 302 g/mol. The Morgan fingerprint density at radius 1 is 1.32 bits per heavy atom. The number of benzene rings is 1. The van der Waals surface area contributed by atoms with Gasteiger partial charge in [-0.05, 0) is 18.2 Å². The Balaban J connectivity index is 2.05. The predicted octanol–water partition coefficient (Wildman–Crippen LogP) is 1.18. The summed E-state index contributed by atoms with van der Waals surface area (Å²) in [6, 6.07) is 4.60. The van der Waals surface area contributed by atoms with Gasteiger partial charge in [0.05, 0.1) is 4.90 Å². The maximum absolute atomic E-state index is 11.3. The lowest BCUT2D eigenvalue weighted by atomic mass is 10.3. The first kappa shape index (κ1) is 14.8. The Morgan fingerprint density at radius 3 is 2.74 bits per heavy atom. The second-order valence-electron chi connectivity index (χ2n) is 4.28. The van der Waals surface area contributed by atoms with Gasteiger partial charge in [-0.3, -0.25) is 0 Å². The third-order valence-corrected chi connectivity index (χ3v) is 6.41. The SMILES string of the molecule is Nc1cc(NCC2CSCCS2)cc(S(N)(=O)=O)c1. The highest BCUT2D eigenvalue weighted by atomic mass is 32.2. The molecule has 1 aromatic rings. The minimum atomic E-state index is -3.72. The summed E-state index contributed by atoms with van der Waals surface area (Å²) < 4.78 is 22.7. The predicted molar refractivity (Wildman–Crippen MR) is 84.3 cm³/mol. The minimum absolute atomic E-state index is 0.0423. The molecule has 1 aliphatic rings. The van der Waals surface area contributed by atoms with Crippen LogP contribution in [0.3, 0.4) is 0 Å². The summed E-state index contributed by atoms with van der Waals surface area (Å²) in [6.07, 6.45) is 0. The van der Waals surface area contributed by atoms with E-state index >= 15 is 0 Å². The van der Waals surface area contributed by atoms with Crippen LogP contribution in [0, 0.1) is 0 Å². The maximum atomic E-state index is 11.3. The van der Waals surface area contributed by atoms with Gasteiger partial charge >= 0.3 is 0 Å². The quantitative estimate of drug-likeness (QED) is 0.721. The Morgan fingerprint density at radius 2 is 2.11 bits per heavy atom. The fourth-order valence-corrected chi connectivity index (χ4v) is 4.98. The topological polar surface area (TPSA) is 98.2 Å². The highest BCUT2D eigenvalue weighted by molar-refractivity contribution is 8.06. The summed E-state index contributed by atoms with van der Waals surface area (Å²) in [5.41, 5.74) is 6.78. The smallest absolute Gasteiger partial charge is 0.238 e. The van der Waals surface area contributed by atoms with Crippen molar-refractivity contribution in [2.75, 3.05) is 34.9 Å². The molecule has 5 N–H and O–H groups in total. The number of hydrogen-bond acceptors (Lipinski definition) is 6. The van der Waals surface area contributed by atoms with Crippen molar-refractivity contribution in [2.24, 2.45) is 5.14 Å². The number of rotatable bonds is 4. The monoisotopic (exact) mass is 319 g/mol. The second-order valence-corrected chi connectivity index (χ2v) is 8.40. The van der Waals surface area contributed by atoms with E-state index in [2.05, 4.69) is 5.32 Å². The van der Waals surface area contributed by atoms with Crippen LogP contribution in [0.1, 0.15) is 0 Å². The average Bonchev–Trinajstić information content (AvgIpc) is 2.36. The summed E-state index contributed by atoms with van der Waals surface area (Å²) in [5.74, 6) is 3.48. The van der Waals surface area contributed by atoms with Gasteiger partial charge in [-0.15, -0.1) is 0 Å². The summed E-state index contributed by atoms with van der Waals surface area (Å²) >= 11 is 3.89. The molecule has 0 amide bonds. The van der Waals surface area contributed by atoms with Crippen LogP contribution in [0.2, 0.25) is 0 Å². The standard InChI is InChI=1S/C11H17N3O2S3/c12-8-3-9(5-11(4-8)19(13,15)16)14-6-10-7-17-1-2-18-10/h3-5,10,14H,1-2,6-7,12H2,(H2,13,15,16). The van der Waals surface area contributed by atoms with E-state index in [1.807, 2.05) is 23.5 Å². The Hall–Kier alpha value is -0.570. The minimum Gasteiger partial charge on any atom is -0.399 e. The van der Waals surface area contributed by atoms with Gasteiger partial charge in [-0.2, -0.15) is 23.5 Å². The molecule has 106 valence electrons. The lowest BCUT2D eigenvalue weighted by molar-refractivity contribution is 0.598. The zero-order chi connectivity index (χ0) is 13.9. The van der Waals surface area contributed by atoms with Gasteiger partial charge in [0.2, 0.25) is 10.0 Å². The Labute approximate surface area is 121 Å². The van der Waals surface area contributed by atoms with Gasteiger partial charge < -0.3 is 11.1 Å². The molecule has 8 heteroatoms. The van der Waals surface area contributed by atoms with Gasteiger partial charge in [-0.1, -0.05) is 0 Å². The van der Waals surface area contributed by atoms with Gasteiger partial charge in [0.15, 0.2) is 0 Å². The Kier molecular flexibility index (Phi) is 4.88. The molecule has 1 heterocycles. The van der Waals surface area contributed by atoms with E-state index in [0.29, 0.717) is 16.6 Å². The molecule has 1 atom stereocenters. The first-order valence-electron chi connectivity index (χ1n) is 5.82. The van der Waals surface area contributed by atoms with Crippen molar-refractivity contribution >= 4 is 44.9 Å². The fourth-order valence-electron chi connectivity index (χ4n) is 1.77. The molecule has 1 aromatic carbocycles. The Bertz CT molecular complexity index is 542. The van der Waals surface area contributed by atoms with Crippen LogP contribution in [-0.4, -0.2) is 37.5 Å². The van der Waals surface area contributed by atoms with E-state index in [1.165, 1.54) is 17.9 Å². The molecule has 1 saturated heterocycles. The summed E-state index contributed by atoms with van der Waals surface area (Å²) in [4.78, 5) is 0.0423. The van der Waals surface area contributed by atoms with Crippen molar-refractivity contribution in [2.45, 2.75) is 10.1 Å². The van der Waals surface area contributed by atoms with Gasteiger partial charge in [0.1, 0.15) is 0 Å². The zero-order valence-corrected chi connectivity index (χ0v) is 12.8. The number of nitrogen functional groups attached to an aromatic ring is 1. The summed E-state index contributed by atoms with van der Waals surface area (Å²) in [7, 11) is -3.72. The molecule has 1 aliphatic heterocycles. The molecule has 2 rings (SSSR count). The van der Waals surface area contributed by atoms with E-state index in [0.717, 1.165) is 18.1 Å². The normalized spacial score (nSPS) is 20.2. The van der Waals surface area contributed by atoms with E-state index in [1.54, 1.807) is 6.07 Å². The third kappa shape index (κ3) is 4.48. The number of anilines is 2. The average molecular weight is 319 g/mol. The molecular formula is C11H17N3O2S3. The van der Waals surface area contributed by atoms with Crippen molar-refractivity contribution in [3.8, 4) is 0 Å². The van der Waals surface area contributed by atoms with Crippen molar-refractivity contribution in [1.82, 2.24) is 0 Å². The molecule has 5 nitrogen and oxygen atoms in total. The van der Waals surface area contributed by atoms with Crippen molar-refractivity contribution in [3.63, 3.8) is 0 Å². The summed E-state index contributed by atoms with van der Waals surface area (Å²) in [5, 5.41) is 8.89. The highest BCUT2D eigenvalue weighted by Gasteiger charge is 2.15. The third-order valence-electron chi connectivity index (χ3n) is 2.68. The van der Waals surface area contributed by atoms with Crippen molar-refractivity contribution in [3.05, 3.63) is 18.2 Å². The highest BCUT2D eigenvalue weighted by Crippen LogP contribution is 2.25. The first-order chi connectivity index (χ1) is 8.95. The molecule has 19 heavy (non-hydrogen) atoms. The van der Waals surface area contributed by atoms with Crippen molar-refractivity contribution < 1.29 is 8.42 Å². The number of thioether (sulfide) groups is 2. The summed E-state index contributed by atoms with van der Waals surface area (Å²) in [6.45, 7) is 0.797. The van der Waals surface area contributed by atoms with E-state index in [-0.39, 0.29) is 4.90 Å². The molecule has 0 spiro atoms. The van der Waals surface area contributed by atoms with Crippen LogP contribution in [-0.2, 0) is 10.0 Å². The zero-order valence-electron chi connectivity index (χ0n) is 10.3. The molecule has 0 radical (unpaired) electrons. The number of nitrogens with two attached hydrogens (primary N) is 2. The lowest BCUT2D eigenvalue weighted by Crippen LogP contribution is -2.23. The van der Waals surface area contributed by atoms with Gasteiger partial charge in [0, 0.05) is 40.4 Å². The molecule has 1 unspecified atom stereocenters. The number of sulfonamides is 1. The molecule has 0 aliphatic carbocycles. The van der Waals surface area contributed by atoms with Crippen molar-refractivity contribution in [1.29, 1.82) is 0 Å². The van der Waals surface area contributed by atoms with Crippen LogP contribution in [0.4, 0.5) is 11.4 Å². The molecule has 1 fully saturated rings. The van der Waals surface area contributed by atoms with Crippen LogP contribution in [0.25, 0.3) is 0 Å². The van der Waals surface area contributed by atoms with Crippen LogP contribution >= 0.6 is 23.5 Å². The van der Waals surface area contributed by atoms with Crippen LogP contribution in [0.15, 0.2) is 23.1 Å². The molecule has 0 bridgehead atoms. The molecule has 0 aromatic heterocycles. The van der Waals surface area contributed by atoms with E-state index in [9.17, 15) is 8.42 Å². The van der Waals surface area contributed by atoms with Crippen LogP contribution < -0.4 is 16.2 Å². The largest absolute Gasteiger partial charge is 0.399 e. The second kappa shape index (κ2) is 6.25.